The second-order valence-electron chi connectivity index (χ2n) is 5.65. The molecule has 25 heavy (non-hydrogen) atoms. The second-order valence-corrected chi connectivity index (χ2v) is 5.65. The lowest BCUT2D eigenvalue weighted by atomic mass is 10.2. The molecule has 0 aliphatic carbocycles. The monoisotopic (exact) mass is 334 g/mol. The molecule has 0 fully saturated rings. The van der Waals surface area contributed by atoms with Crippen LogP contribution in [0.1, 0.15) is 5.89 Å². The van der Waals surface area contributed by atoms with E-state index in [9.17, 15) is 9.59 Å². The van der Waals surface area contributed by atoms with Gasteiger partial charge in [0.25, 0.3) is 0 Å². The summed E-state index contributed by atoms with van der Waals surface area (Å²) >= 11 is 0. The maximum absolute atomic E-state index is 12.4. The maximum atomic E-state index is 12.4. The number of nitrogens with one attached hydrogen (secondary N) is 1. The number of rotatable bonds is 3. The molecule has 0 aliphatic heterocycles. The van der Waals surface area contributed by atoms with E-state index >= 15 is 0 Å². The number of hydrogen-bond acceptors (Lipinski definition) is 5. The van der Waals surface area contributed by atoms with Crippen molar-refractivity contribution in [1.82, 2.24) is 14.8 Å². The van der Waals surface area contributed by atoms with Crippen molar-refractivity contribution in [1.29, 1.82) is 0 Å². The third-order valence-electron chi connectivity index (χ3n) is 3.83. The average molecular weight is 334 g/mol. The molecule has 0 unspecified atom stereocenters. The highest BCUT2D eigenvalue weighted by molar-refractivity contribution is 5.93. The summed E-state index contributed by atoms with van der Waals surface area (Å²) in [4.78, 5) is 28.4. The number of nitrogens with zero attached hydrogens (tertiary/aromatic N) is 3. The van der Waals surface area contributed by atoms with E-state index in [0.29, 0.717) is 33.6 Å². The molecule has 124 valence electrons. The highest BCUT2D eigenvalue weighted by atomic mass is 16.3. The molecule has 0 saturated carbocycles. The Morgan fingerprint density at radius 1 is 1.24 bits per heavy atom. The van der Waals surface area contributed by atoms with Crippen LogP contribution >= 0.6 is 0 Å². The van der Waals surface area contributed by atoms with Crippen LogP contribution in [0.4, 0.5) is 5.69 Å². The van der Waals surface area contributed by atoms with Crippen LogP contribution in [0.3, 0.4) is 0 Å². The van der Waals surface area contributed by atoms with E-state index in [-0.39, 0.29) is 17.9 Å². The average Bonchev–Trinajstić information content (AvgIpc) is 2.97. The normalized spacial score (nSPS) is 11.1. The molecule has 7 nitrogen and oxygen atoms in total. The summed E-state index contributed by atoms with van der Waals surface area (Å²) in [6.07, 6.45) is 1.22. The van der Waals surface area contributed by atoms with E-state index in [2.05, 4.69) is 15.4 Å². The Balaban J connectivity index is 1.59. The fraction of sp³-hybridized carbons (Fsp3) is 0.111. The van der Waals surface area contributed by atoms with Gasteiger partial charge in [-0.15, -0.1) is 0 Å². The number of aryl methyl sites for hydroxylation is 1. The van der Waals surface area contributed by atoms with E-state index < -0.39 is 0 Å². The lowest BCUT2D eigenvalue weighted by molar-refractivity contribution is -0.116. The van der Waals surface area contributed by atoms with Gasteiger partial charge in [0.1, 0.15) is 12.1 Å². The smallest absolute Gasteiger partial charge is 0.246 e. The van der Waals surface area contributed by atoms with Crippen LogP contribution in [-0.2, 0) is 11.3 Å². The minimum absolute atomic E-state index is 0.00330. The standard InChI is InChI=1S/C18H14N4O3/c1-11-20-14-8-12(6-7-17(14)25-11)21-18(24)10-22-15-5-3-2-4-13(15)16(23)9-19-22/h2-9H,10H2,1H3,(H,21,24). The quantitative estimate of drug-likeness (QED) is 0.621. The molecular formula is C18H14N4O3. The fourth-order valence-corrected chi connectivity index (χ4v) is 2.74. The van der Waals surface area contributed by atoms with E-state index in [1.54, 1.807) is 49.4 Å². The number of amides is 1. The number of aromatic nitrogens is 3. The molecule has 0 saturated heterocycles. The van der Waals surface area contributed by atoms with Gasteiger partial charge >= 0.3 is 0 Å². The third kappa shape index (κ3) is 2.87. The van der Waals surface area contributed by atoms with Gasteiger partial charge in [-0.05, 0) is 30.3 Å². The first kappa shape index (κ1) is 15.1. The number of para-hydroxylation sites is 1. The Hall–Kier alpha value is -3.48. The van der Waals surface area contributed by atoms with Crippen molar-refractivity contribution in [2.45, 2.75) is 13.5 Å². The second kappa shape index (κ2) is 5.86. The molecule has 0 bridgehead atoms. The summed E-state index contributed by atoms with van der Waals surface area (Å²) in [5.41, 5.74) is 2.42. The van der Waals surface area contributed by atoms with Gasteiger partial charge in [0.05, 0.1) is 11.7 Å². The largest absolute Gasteiger partial charge is 0.441 e. The first-order valence-corrected chi connectivity index (χ1v) is 7.72. The van der Waals surface area contributed by atoms with Crippen LogP contribution in [-0.4, -0.2) is 20.7 Å². The van der Waals surface area contributed by atoms with Crippen LogP contribution in [0.15, 0.2) is 57.9 Å². The van der Waals surface area contributed by atoms with Gasteiger partial charge in [-0.25, -0.2) is 4.98 Å². The fourth-order valence-electron chi connectivity index (χ4n) is 2.74. The zero-order chi connectivity index (χ0) is 17.4. The van der Waals surface area contributed by atoms with Crippen molar-refractivity contribution in [3.8, 4) is 0 Å². The topological polar surface area (TPSA) is 90.0 Å². The number of benzene rings is 2. The van der Waals surface area contributed by atoms with Gasteiger partial charge in [0.2, 0.25) is 11.3 Å². The highest BCUT2D eigenvalue weighted by Crippen LogP contribution is 2.19. The molecule has 4 aromatic rings. The number of carbonyl (C=O) groups is 1. The van der Waals surface area contributed by atoms with E-state index in [4.69, 9.17) is 4.42 Å². The van der Waals surface area contributed by atoms with Crippen LogP contribution in [0.25, 0.3) is 22.0 Å². The van der Waals surface area contributed by atoms with Crippen molar-refractivity contribution in [2.24, 2.45) is 0 Å². The zero-order valence-electron chi connectivity index (χ0n) is 13.4. The summed E-state index contributed by atoms with van der Waals surface area (Å²) in [6, 6.07) is 12.3. The summed E-state index contributed by atoms with van der Waals surface area (Å²) < 4.78 is 6.92. The number of fused-ring (bicyclic) bond motifs is 2. The third-order valence-corrected chi connectivity index (χ3v) is 3.83. The SMILES string of the molecule is Cc1nc2cc(NC(=O)Cn3ncc(=O)c4ccccc43)ccc2o1. The van der Waals surface area contributed by atoms with Gasteiger partial charge in [-0.3, -0.25) is 14.3 Å². The van der Waals surface area contributed by atoms with E-state index in [0.717, 1.165) is 0 Å². The van der Waals surface area contributed by atoms with Gasteiger partial charge in [0.15, 0.2) is 11.5 Å². The Labute approximate surface area is 141 Å². The predicted octanol–water partition coefficient (Wildman–Crippen LogP) is 2.48. The van der Waals surface area contributed by atoms with Crippen molar-refractivity contribution >= 4 is 33.6 Å². The molecule has 0 aliphatic rings. The van der Waals surface area contributed by atoms with Gasteiger partial charge in [0, 0.05) is 18.0 Å². The van der Waals surface area contributed by atoms with Crippen molar-refractivity contribution in [3.05, 3.63) is 64.8 Å². The molecule has 1 N–H and O–H groups in total. The summed E-state index contributed by atoms with van der Waals surface area (Å²) in [5.74, 6) is 0.322. The lowest BCUT2D eigenvalue weighted by Crippen LogP contribution is -2.22. The zero-order valence-corrected chi connectivity index (χ0v) is 13.4. The molecule has 1 amide bonds. The van der Waals surface area contributed by atoms with Crippen LogP contribution < -0.4 is 10.7 Å². The molecule has 2 aromatic heterocycles. The van der Waals surface area contributed by atoms with Crippen molar-refractivity contribution in [2.75, 3.05) is 5.32 Å². The van der Waals surface area contributed by atoms with E-state index in [1.807, 2.05) is 0 Å². The first-order chi connectivity index (χ1) is 12.1. The van der Waals surface area contributed by atoms with Crippen molar-refractivity contribution < 1.29 is 9.21 Å². The Morgan fingerprint density at radius 2 is 2.08 bits per heavy atom. The van der Waals surface area contributed by atoms with Gasteiger partial charge in [-0.1, -0.05) is 12.1 Å². The minimum atomic E-state index is -0.249. The highest BCUT2D eigenvalue weighted by Gasteiger charge is 2.10. The molecular weight excluding hydrogens is 320 g/mol. The maximum Gasteiger partial charge on any atom is 0.246 e. The molecule has 2 aromatic carbocycles. The van der Waals surface area contributed by atoms with Crippen LogP contribution in [0, 0.1) is 6.92 Å². The van der Waals surface area contributed by atoms with Crippen LogP contribution in [0.2, 0.25) is 0 Å². The predicted molar refractivity (Wildman–Crippen MR) is 93.4 cm³/mol. The van der Waals surface area contributed by atoms with Gasteiger partial charge in [-0.2, -0.15) is 5.10 Å². The molecule has 4 rings (SSSR count). The molecule has 0 radical (unpaired) electrons. The summed E-state index contributed by atoms with van der Waals surface area (Å²) in [6.45, 7) is 1.77. The Morgan fingerprint density at radius 3 is 2.96 bits per heavy atom. The Kier molecular flexibility index (Phi) is 3.53. The van der Waals surface area contributed by atoms with Gasteiger partial charge < -0.3 is 9.73 Å². The van der Waals surface area contributed by atoms with E-state index in [1.165, 1.54) is 10.9 Å². The number of carbonyl (C=O) groups excluding carboxylic acids is 1. The van der Waals surface area contributed by atoms with Crippen molar-refractivity contribution in [3.63, 3.8) is 0 Å². The van der Waals surface area contributed by atoms with Crippen LogP contribution in [0.5, 0.6) is 0 Å². The Bertz CT molecular complexity index is 1160. The minimum Gasteiger partial charge on any atom is -0.441 e. The number of hydrogen-bond donors (Lipinski definition) is 1. The molecule has 2 heterocycles. The number of oxazole rings is 1. The lowest BCUT2D eigenvalue weighted by Gasteiger charge is -2.09. The first-order valence-electron chi connectivity index (χ1n) is 7.72. The summed E-state index contributed by atoms with van der Waals surface area (Å²) in [7, 11) is 0. The summed E-state index contributed by atoms with van der Waals surface area (Å²) in [5, 5.41) is 7.40. The number of anilines is 1. The molecule has 0 atom stereocenters. The molecule has 7 heteroatoms. The molecule has 0 spiro atoms.